The number of halogens is 4. The van der Waals surface area contributed by atoms with E-state index in [0.717, 1.165) is 0 Å². The summed E-state index contributed by atoms with van der Waals surface area (Å²) >= 11 is 0. The van der Waals surface area contributed by atoms with Crippen LogP contribution in [0.3, 0.4) is 0 Å². The third-order valence-electron chi connectivity index (χ3n) is 0.850. The molecule has 0 aliphatic heterocycles. The summed E-state index contributed by atoms with van der Waals surface area (Å²) in [5, 5.41) is 17.3. The van der Waals surface area contributed by atoms with Gasteiger partial charge in [0.1, 0.15) is 11.5 Å². The molecule has 0 saturated heterocycles. The molecule has 0 unspecified atom stereocenters. The zero-order chi connectivity index (χ0) is 16.5. The third-order valence-corrected chi connectivity index (χ3v) is 0.850. The Morgan fingerprint density at radius 1 is 0.700 bits per heavy atom. The van der Waals surface area contributed by atoms with E-state index in [0.29, 0.717) is 0 Å². The molecular weight excluding hydrogens is 330 g/mol. The van der Waals surface area contributed by atoms with Crippen LogP contribution in [0.5, 0.6) is 11.5 Å². The second kappa shape index (κ2) is 22.5. The normalized spacial score (nSPS) is 6.90. The smallest absolute Gasteiger partial charge is 0 e. The Kier molecular flexibility index (Phi) is 34.9. The zero-order valence-electron chi connectivity index (χ0n) is 9.40. The molecule has 0 bridgehead atoms. The van der Waals surface area contributed by atoms with Crippen LogP contribution in [0.1, 0.15) is 0 Å². The molecule has 1 radical (unpaired) electrons. The fraction of sp³-hybridized carbons (Fsp3) is 0. The van der Waals surface area contributed by atoms with Crippen LogP contribution >= 0.6 is 0 Å². The van der Waals surface area contributed by atoms with Crippen molar-refractivity contribution in [3.05, 3.63) is 44.2 Å². The Balaban J connectivity index is -0.0000000550. The minimum Gasteiger partial charge on any atom is 0 e. The number of hydrogen-bond donors (Lipinski definition) is 2. The van der Waals surface area contributed by atoms with Crippen LogP contribution in [0, 0.1) is 20.0 Å². The van der Waals surface area contributed by atoms with E-state index in [1.54, 1.807) is 0 Å². The van der Waals surface area contributed by atoms with Crippen LogP contribution in [0.4, 0.5) is 17.3 Å². The maximum absolute atomic E-state index is 9.75. The largest absolute Gasteiger partial charge is 0 e. The summed E-state index contributed by atoms with van der Waals surface area (Å²) in [6.45, 7) is 13.5. The van der Waals surface area contributed by atoms with E-state index in [1.807, 2.05) is 0 Å². The van der Waals surface area contributed by atoms with Gasteiger partial charge in [-0.3, -0.25) is 0 Å². The van der Waals surface area contributed by atoms with Gasteiger partial charge in [-0.15, -0.1) is 0 Å². The minimum absolute atomic E-state index is 0. The van der Waals surface area contributed by atoms with Crippen molar-refractivity contribution in [2.24, 2.45) is 0 Å². The average molecular weight is 336 g/mol. The maximum atomic E-state index is 9.75. The quantitative estimate of drug-likeness (QED) is 0.250. The Bertz CT molecular complexity index is 322. The van der Waals surface area contributed by atoms with Crippen molar-refractivity contribution in [3.8, 4) is 11.5 Å². The molecule has 0 amide bonds. The summed E-state index contributed by atoms with van der Waals surface area (Å²) in [5.41, 5.74) is 0. The Morgan fingerprint density at radius 3 is 0.900 bits per heavy atom. The predicted octanol–water partition coefficient (Wildman–Crippen LogP) is 2.28. The number of phenols is 2. The molecule has 0 aromatic heterocycles. The van der Waals surface area contributed by atoms with Crippen molar-refractivity contribution in [3.63, 3.8) is 0 Å². The molecule has 0 saturated carbocycles. The van der Waals surface area contributed by atoms with Gasteiger partial charge in [-0.25, -0.2) is 0 Å². The Hall–Kier alpha value is -1.66. The Labute approximate surface area is 122 Å². The third kappa shape index (κ3) is 55.3. The van der Waals surface area contributed by atoms with Gasteiger partial charge < -0.3 is 27.5 Å². The molecule has 0 aliphatic rings. The molecule has 0 spiro atoms. The summed E-state index contributed by atoms with van der Waals surface area (Å²) in [4.78, 5) is 0. The second-order valence-corrected chi connectivity index (χ2v) is 2.01. The van der Waals surface area contributed by atoms with Crippen molar-refractivity contribution in [2.75, 3.05) is 0 Å². The van der Waals surface area contributed by atoms with E-state index >= 15 is 0 Å². The number of rotatable bonds is 0. The van der Waals surface area contributed by atoms with Crippen molar-refractivity contribution >= 4 is 7.25 Å². The van der Waals surface area contributed by atoms with Gasteiger partial charge in [0.15, 0.2) is 0 Å². The fourth-order valence-corrected chi connectivity index (χ4v) is 0.453. The SMILES string of the molecule is F[B-](F)(F)F.Oc1ccc(O)cc1.[C-]#[O+].[C-]#[O+].[C-]#[O+].[Mn]. The van der Waals surface area contributed by atoms with Crippen LogP contribution in [-0.4, -0.2) is 17.5 Å². The Morgan fingerprint density at radius 2 is 0.800 bits per heavy atom. The molecule has 0 heterocycles. The number of hydrogen-bond acceptors (Lipinski definition) is 2. The van der Waals surface area contributed by atoms with E-state index in [1.165, 1.54) is 24.3 Å². The second-order valence-electron chi connectivity index (χ2n) is 2.01. The van der Waals surface area contributed by atoms with Gasteiger partial charge in [0.25, 0.3) is 0 Å². The van der Waals surface area contributed by atoms with Gasteiger partial charge >= 0.3 is 41.2 Å². The van der Waals surface area contributed by atoms with Crippen LogP contribution in [0.2, 0.25) is 0 Å². The van der Waals surface area contributed by atoms with Gasteiger partial charge in [-0.1, -0.05) is 0 Å². The molecule has 0 aliphatic carbocycles. The topological polar surface area (TPSA) is 100 Å². The summed E-state index contributed by atoms with van der Waals surface area (Å²) in [5.74, 6) is 0.339. The van der Waals surface area contributed by atoms with Gasteiger partial charge in [0, 0.05) is 17.1 Å². The first-order chi connectivity index (χ1) is 8.79. The van der Waals surface area contributed by atoms with Crippen LogP contribution < -0.4 is 0 Å². The molecule has 1 aromatic rings. The van der Waals surface area contributed by atoms with Gasteiger partial charge in [-0.05, 0) is 24.3 Å². The fourth-order valence-electron chi connectivity index (χ4n) is 0.453. The van der Waals surface area contributed by atoms with E-state index in [2.05, 4.69) is 20.0 Å². The first-order valence-corrected chi connectivity index (χ1v) is 3.75. The van der Waals surface area contributed by atoms with Crippen LogP contribution in [0.25, 0.3) is 0 Å². The molecule has 2 N–H and O–H groups in total. The number of phenolic OH excluding ortho intramolecular Hbond substituents is 2. The van der Waals surface area contributed by atoms with Crippen LogP contribution in [0.15, 0.2) is 24.3 Å². The van der Waals surface area contributed by atoms with Gasteiger partial charge in [0.2, 0.25) is 0 Å². The van der Waals surface area contributed by atoms with Crippen molar-refractivity contribution in [1.29, 1.82) is 0 Å². The first kappa shape index (κ1) is 31.0. The average Bonchev–Trinajstić information content (AvgIpc) is 2.38. The molecule has 111 valence electrons. The molecule has 11 heteroatoms. The van der Waals surface area contributed by atoms with Crippen molar-refractivity contribution < 1.29 is 58.5 Å². The molecular formula is C9H6BF4MnO5-. The van der Waals surface area contributed by atoms with Crippen molar-refractivity contribution in [1.82, 2.24) is 0 Å². The molecule has 1 rings (SSSR count). The van der Waals surface area contributed by atoms with Gasteiger partial charge in [-0.2, -0.15) is 0 Å². The summed E-state index contributed by atoms with van der Waals surface area (Å²) in [7, 11) is -6.00. The summed E-state index contributed by atoms with van der Waals surface area (Å²) < 4.78 is 61.5. The molecule has 0 fully saturated rings. The molecule has 20 heavy (non-hydrogen) atoms. The van der Waals surface area contributed by atoms with Gasteiger partial charge in [0.05, 0.1) is 0 Å². The molecule has 5 nitrogen and oxygen atoms in total. The maximum Gasteiger partial charge on any atom is 0 e. The standard InChI is InChI=1S/C6H6O2.3CO.BF4.Mn/c7-5-1-2-6(8)4-3-5;3*1-2;2-1(3,4)5;/h1-4,7-8H;;;;;/q;;;;-1;. The number of benzene rings is 1. The van der Waals surface area contributed by atoms with E-state index < -0.39 is 7.25 Å². The number of aromatic hydroxyl groups is 2. The first-order valence-electron chi connectivity index (χ1n) is 3.75. The zero-order valence-corrected chi connectivity index (χ0v) is 10.6. The van der Waals surface area contributed by atoms with E-state index in [9.17, 15) is 17.3 Å². The van der Waals surface area contributed by atoms with Crippen LogP contribution in [-0.2, 0) is 31.0 Å². The predicted molar refractivity (Wildman–Crippen MR) is 51.7 cm³/mol. The minimum atomic E-state index is -6.00. The monoisotopic (exact) mass is 336 g/mol. The van der Waals surface area contributed by atoms with Crippen molar-refractivity contribution in [2.45, 2.75) is 0 Å². The van der Waals surface area contributed by atoms with E-state index in [-0.39, 0.29) is 28.6 Å². The molecule has 1 aromatic carbocycles. The summed E-state index contributed by atoms with van der Waals surface area (Å²) in [6, 6.07) is 5.70. The van der Waals surface area contributed by atoms with E-state index in [4.69, 9.17) is 24.2 Å². The molecule has 0 atom stereocenters. The summed E-state index contributed by atoms with van der Waals surface area (Å²) in [6.07, 6.45) is 0.